The molecule has 1 amide bonds. The molecular weight excluding hydrogens is 208 g/mol. The number of carbonyl (C=O) groups is 1. The zero-order valence-electron chi connectivity index (χ0n) is 8.35. The van der Waals surface area contributed by atoms with E-state index in [0.717, 1.165) is 17.9 Å². The molecule has 0 aromatic rings. The SMILES string of the molecule is CC(C)(C(=O)N[C@H]1CCSC1)C(F)F. The summed E-state index contributed by atoms with van der Waals surface area (Å²) in [6.07, 6.45) is -1.73. The van der Waals surface area contributed by atoms with Gasteiger partial charge in [0.05, 0.1) is 0 Å². The van der Waals surface area contributed by atoms with E-state index in [0.29, 0.717) is 0 Å². The van der Waals surface area contributed by atoms with Crippen molar-refractivity contribution >= 4 is 17.7 Å². The van der Waals surface area contributed by atoms with E-state index in [1.165, 1.54) is 13.8 Å². The molecule has 14 heavy (non-hydrogen) atoms. The van der Waals surface area contributed by atoms with Crippen LogP contribution in [0.25, 0.3) is 0 Å². The number of nitrogens with one attached hydrogen (secondary N) is 1. The molecule has 2 nitrogen and oxygen atoms in total. The summed E-state index contributed by atoms with van der Waals surface area (Å²) < 4.78 is 24.9. The highest BCUT2D eigenvalue weighted by Gasteiger charge is 2.38. The van der Waals surface area contributed by atoms with Crippen LogP contribution in [0.4, 0.5) is 8.78 Å². The fourth-order valence-corrected chi connectivity index (χ4v) is 2.27. The number of alkyl halides is 2. The molecule has 1 aliphatic rings. The Morgan fingerprint density at radius 2 is 2.21 bits per heavy atom. The molecule has 0 aliphatic carbocycles. The first-order valence-corrected chi connectivity index (χ1v) is 5.77. The third-order valence-electron chi connectivity index (χ3n) is 2.40. The van der Waals surface area contributed by atoms with Crippen LogP contribution >= 0.6 is 11.8 Å². The minimum absolute atomic E-state index is 0.0746. The zero-order valence-corrected chi connectivity index (χ0v) is 9.16. The molecule has 0 aromatic heterocycles. The molecular formula is C9H15F2NOS. The van der Waals surface area contributed by atoms with E-state index in [1.54, 1.807) is 11.8 Å². The van der Waals surface area contributed by atoms with Crippen LogP contribution in [0.1, 0.15) is 20.3 Å². The maximum atomic E-state index is 12.5. The van der Waals surface area contributed by atoms with Gasteiger partial charge in [0.15, 0.2) is 0 Å². The highest BCUT2D eigenvalue weighted by atomic mass is 32.2. The standard InChI is InChI=1S/C9H15F2NOS/c1-9(2,7(10)11)8(13)12-6-3-4-14-5-6/h6-7H,3-5H2,1-2H3,(H,12,13)/t6-/m0/s1. The average molecular weight is 223 g/mol. The molecule has 1 saturated heterocycles. The number of carbonyl (C=O) groups excluding carboxylic acids is 1. The second kappa shape index (κ2) is 4.47. The van der Waals surface area contributed by atoms with E-state index in [-0.39, 0.29) is 6.04 Å². The first-order chi connectivity index (χ1) is 6.44. The van der Waals surface area contributed by atoms with Crippen LogP contribution in [0, 0.1) is 5.41 Å². The van der Waals surface area contributed by atoms with Crippen LogP contribution in [0.2, 0.25) is 0 Å². The van der Waals surface area contributed by atoms with Gasteiger partial charge in [-0.2, -0.15) is 11.8 Å². The fraction of sp³-hybridized carbons (Fsp3) is 0.889. The molecule has 0 radical (unpaired) electrons. The van der Waals surface area contributed by atoms with Crippen LogP contribution in [0.5, 0.6) is 0 Å². The highest BCUT2D eigenvalue weighted by Crippen LogP contribution is 2.26. The number of hydrogen-bond acceptors (Lipinski definition) is 2. The maximum Gasteiger partial charge on any atom is 0.252 e. The van der Waals surface area contributed by atoms with Gasteiger partial charge in [0.2, 0.25) is 5.91 Å². The van der Waals surface area contributed by atoms with Gasteiger partial charge >= 0.3 is 0 Å². The Morgan fingerprint density at radius 3 is 2.64 bits per heavy atom. The molecule has 1 aliphatic heterocycles. The highest BCUT2D eigenvalue weighted by molar-refractivity contribution is 7.99. The second-order valence-electron chi connectivity index (χ2n) is 4.06. The number of amides is 1. The molecule has 5 heteroatoms. The van der Waals surface area contributed by atoms with Crippen LogP contribution in [0.3, 0.4) is 0 Å². The van der Waals surface area contributed by atoms with E-state index in [1.807, 2.05) is 0 Å². The summed E-state index contributed by atoms with van der Waals surface area (Å²) >= 11 is 1.74. The Hall–Kier alpha value is -0.320. The molecule has 82 valence electrons. The van der Waals surface area contributed by atoms with Crippen molar-refractivity contribution in [2.75, 3.05) is 11.5 Å². The van der Waals surface area contributed by atoms with Crippen molar-refractivity contribution in [3.05, 3.63) is 0 Å². The van der Waals surface area contributed by atoms with Gasteiger partial charge in [-0.05, 0) is 26.0 Å². The Balaban J connectivity index is 2.48. The predicted octanol–water partition coefficient (Wildman–Crippen LogP) is 1.90. The molecule has 0 unspecified atom stereocenters. The third kappa shape index (κ3) is 2.59. The fourth-order valence-electron chi connectivity index (χ4n) is 1.12. The molecule has 0 spiro atoms. The lowest BCUT2D eigenvalue weighted by Gasteiger charge is -2.24. The van der Waals surface area contributed by atoms with Crippen molar-refractivity contribution in [3.8, 4) is 0 Å². The minimum atomic E-state index is -2.61. The zero-order chi connectivity index (χ0) is 10.8. The van der Waals surface area contributed by atoms with E-state index < -0.39 is 17.7 Å². The summed E-state index contributed by atoms with van der Waals surface area (Å²) in [6, 6.07) is 0.0746. The lowest BCUT2D eigenvalue weighted by atomic mass is 9.92. The molecule has 0 bridgehead atoms. The van der Waals surface area contributed by atoms with Gasteiger partial charge in [-0.25, -0.2) is 8.78 Å². The second-order valence-corrected chi connectivity index (χ2v) is 5.21. The Morgan fingerprint density at radius 1 is 1.57 bits per heavy atom. The normalized spacial score (nSPS) is 22.8. The van der Waals surface area contributed by atoms with Gasteiger partial charge < -0.3 is 5.32 Å². The summed E-state index contributed by atoms with van der Waals surface area (Å²) in [4.78, 5) is 11.5. The number of hydrogen-bond donors (Lipinski definition) is 1. The van der Waals surface area contributed by atoms with E-state index in [2.05, 4.69) is 5.32 Å². The molecule has 1 rings (SSSR count). The van der Waals surface area contributed by atoms with Gasteiger partial charge in [0.25, 0.3) is 6.43 Å². The Bertz CT molecular complexity index is 215. The van der Waals surface area contributed by atoms with E-state index in [4.69, 9.17) is 0 Å². The lowest BCUT2D eigenvalue weighted by Crippen LogP contribution is -2.46. The lowest BCUT2D eigenvalue weighted by molar-refractivity contribution is -0.138. The number of halogens is 2. The predicted molar refractivity (Wildman–Crippen MR) is 53.7 cm³/mol. The molecule has 1 heterocycles. The van der Waals surface area contributed by atoms with Crippen LogP contribution < -0.4 is 5.32 Å². The van der Waals surface area contributed by atoms with Crippen molar-refractivity contribution in [1.82, 2.24) is 5.32 Å². The largest absolute Gasteiger partial charge is 0.352 e. The van der Waals surface area contributed by atoms with Gasteiger partial charge in [0, 0.05) is 11.8 Å². The molecule has 1 atom stereocenters. The monoisotopic (exact) mass is 223 g/mol. The molecule has 1 N–H and O–H groups in total. The summed E-state index contributed by atoms with van der Waals surface area (Å²) in [5, 5.41) is 2.66. The van der Waals surface area contributed by atoms with Crippen LogP contribution in [0.15, 0.2) is 0 Å². The van der Waals surface area contributed by atoms with Gasteiger partial charge in [0.1, 0.15) is 5.41 Å². The first kappa shape index (κ1) is 11.8. The molecule has 0 aromatic carbocycles. The van der Waals surface area contributed by atoms with Gasteiger partial charge in [-0.3, -0.25) is 4.79 Å². The Kier molecular flexibility index (Phi) is 3.75. The van der Waals surface area contributed by atoms with Crippen molar-refractivity contribution in [1.29, 1.82) is 0 Å². The average Bonchev–Trinajstić information content (AvgIpc) is 2.56. The van der Waals surface area contributed by atoms with Gasteiger partial charge in [-0.15, -0.1) is 0 Å². The van der Waals surface area contributed by atoms with Crippen molar-refractivity contribution in [2.24, 2.45) is 5.41 Å². The summed E-state index contributed by atoms with van der Waals surface area (Å²) in [5.74, 6) is 1.30. The van der Waals surface area contributed by atoms with Crippen molar-refractivity contribution in [2.45, 2.75) is 32.7 Å². The first-order valence-electron chi connectivity index (χ1n) is 4.61. The van der Waals surface area contributed by atoms with Crippen molar-refractivity contribution < 1.29 is 13.6 Å². The van der Waals surface area contributed by atoms with Crippen LogP contribution in [-0.2, 0) is 4.79 Å². The topological polar surface area (TPSA) is 29.1 Å². The quantitative estimate of drug-likeness (QED) is 0.791. The number of thioether (sulfide) groups is 1. The van der Waals surface area contributed by atoms with Gasteiger partial charge in [-0.1, -0.05) is 0 Å². The smallest absolute Gasteiger partial charge is 0.252 e. The van der Waals surface area contributed by atoms with Crippen molar-refractivity contribution in [3.63, 3.8) is 0 Å². The minimum Gasteiger partial charge on any atom is -0.352 e. The number of rotatable bonds is 3. The van der Waals surface area contributed by atoms with Crippen LogP contribution in [-0.4, -0.2) is 29.9 Å². The third-order valence-corrected chi connectivity index (χ3v) is 3.56. The van der Waals surface area contributed by atoms with E-state index in [9.17, 15) is 13.6 Å². The maximum absolute atomic E-state index is 12.5. The molecule has 1 fully saturated rings. The Labute approximate surface area is 86.8 Å². The summed E-state index contributed by atoms with van der Waals surface area (Å²) in [6.45, 7) is 2.55. The molecule has 0 saturated carbocycles. The van der Waals surface area contributed by atoms with E-state index >= 15 is 0 Å². The summed E-state index contributed by atoms with van der Waals surface area (Å²) in [7, 11) is 0. The summed E-state index contributed by atoms with van der Waals surface area (Å²) in [5.41, 5.74) is -1.58.